The van der Waals surface area contributed by atoms with Crippen LogP contribution >= 0.6 is 0 Å². The van der Waals surface area contributed by atoms with E-state index in [1.165, 1.54) is 50.6 Å². The molecule has 2 aliphatic rings. The van der Waals surface area contributed by atoms with E-state index in [9.17, 15) is 0 Å². The van der Waals surface area contributed by atoms with Gasteiger partial charge >= 0.3 is 0 Å². The molecule has 2 fully saturated rings. The molecule has 0 saturated heterocycles. The molecule has 100 valence electrons. The van der Waals surface area contributed by atoms with E-state index in [1.807, 2.05) is 0 Å². The lowest BCUT2D eigenvalue weighted by Gasteiger charge is -2.38. The maximum atomic E-state index is 4.71. The van der Waals surface area contributed by atoms with E-state index >= 15 is 0 Å². The lowest BCUT2D eigenvalue weighted by atomic mass is 9.70. The molecule has 3 rings (SSSR count). The maximum Gasteiger partial charge on any atom is 0.0762 e. The third-order valence-electron chi connectivity index (χ3n) is 4.78. The summed E-state index contributed by atoms with van der Waals surface area (Å²) in [6, 6.07) is 2.84. The standard InChI is InChI=1S/C15H25N3/c1-15(8-4-9-15)12-16-11-13-7-10-18(17-13)14-5-2-3-6-14/h7,10,14,16H,2-6,8-9,11-12H2,1H3. The van der Waals surface area contributed by atoms with Crippen molar-refractivity contribution in [2.45, 2.75) is 64.5 Å². The third-order valence-corrected chi connectivity index (χ3v) is 4.78. The van der Waals surface area contributed by atoms with Gasteiger partial charge in [0.05, 0.1) is 11.7 Å². The fourth-order valence-corrected chi connectivity index (χ4v) is 3.29. The van der Waals surface area contributed by atoms with Gasteiger partial charge in [0.1, 0.15) is 0 Å². The van der Waals surface area contributed by atoms with Crippen LogP contribution in [-0.2, 0) is 6.54 Å². The van der Waals surface area contributed by atoms with Crippen molar-refractivity contribution >= 4 is 0 Å². The SMILES string of the molecule is CC1(CNCc2ccn(C3CCCC3)n2)CCC1. The molecule has 1 aromatic rings. The molecule has 0 radical (unpaired) electrons. The van der Waals surface area contributed by atoms with E-state index in [0.29, 0.717) is 11.5 Å². The number of hydrogen-bond donors (Lipinski definition) is 1. The van der Waals surface area contributed by atoms with Crippen LogP contribution in [-0.4, -0.2) is 16.3 Å². The smallest absolute Gasteiger partial charge is 0.0762 e. The summed E-state index contributed by atoms with van der Waals surface area (Å²) >= 11 is 0. The van der Waals surface area contributed by atoms with Crippen molar-refractivity contribution in [2.24, 2.45) is 5.41 Å². The van der Waals surface area contributed by atoms with Crippen LogP contribution in [0.1, 0.15) is 63.6 Å². The zero-order chi connectivity index (χ0) is 12.4. The zero-order valence-electron chi connectivity index (χ0n) is 11.5. The van der Waals surface area contributed by atoms with E-state index in [0.717, 1.165) is 13.1 Å². The summed E-state index contributed by atoms with van der Waals surface area (Å²) in [5, 5.41) is 8.28. The molecule has 2 saturated carbocycles. The summed E-state index contributed by atoms with van der Waals surface area (Å²) in [6.07, 6.45) is 11.7. The van der Waals surface area contributed by atoms with Gasteiger partial charge in [-0.05, 0) is 37.2 Å². The van der Waals surface area contributed by atoms with Crippen LogP contribution in [0.15, 0.2) is 12.3 Å². The van der Waals surface area contributed by atoms with Gasteiger partial charge in [-0.15, -0.1) is 0 Å². The fourth-order valence-electron chi connectivity index (χ4n) is 3.29. The van der Waals surface area contributed by atoms with Crippen LogP contribution in [0.5, 0.6) is 0 Å². The Morgan fingerprint density at radius 1 is 1.33 bits per heavy atom. The summed E-state index contributed by atoms with van der Waals surface area (Å²) in [5.74, 6) is 0. The molecular formula is C15H25N3. The highest BCUT2D eigenvalue weighted by Crippen LogP contribution is 2.39. The largest absolute Gasteiger partial charge is 0.311 e. The number of rotatable bonds is 5. The number of aromatic nitrogens is 2. The second kappa shape index (κ2) is 5.04. The molecule has 0 amide bonds. The number of hydrogen-bond acceptors (Lipinski definition) is 2. The van der Waals surface area contributed by atoms with E-state index in [4.69, 9.17) is 5.10 Å². The molecule has 1 heterocycles. The lowest BCUT2D eigenvalue weighted by molar-refractivity contribution is 0.156. The molecule has 3 nitrogen and oxygen atoms in total. The Balaban J connectivity index is 1.47. The highest BCUT2D eigenvalue weighted by molar-refractivity contribution is 5.00. The molecule has 0 aliphatic heterocycles. The summed E-state index contributed by atoms with van der Waals surface area (Å²) in [4.78, 5) is 0. The topological polar surface area (TPSA) is 29.9 Å². The van der Waals surface area contributed by atoms with Crippen LogP contribution in [0.2, 0.25) is 0 Å². The molecule has 0 unspecified atom stereocenters. The Hall–Kier alpha value is -0.830. The summed E-state index contributed by atoms with van der Waals surface area (Å²) in [5.41, 5.74) is 1.76. The molecule has 1 N–H and O–H groups in total. The molecule has 0 aromatic carbocycles. The van der Waals surface area contributed by atoms with Gasteiger partial charge in [-0.2, -0.15) is 5.10 Å². The van der Waals surface area contributed by atoms with Gasteiger partial charge in [0.15, 0.2) is 0 Å². The van der Waals surface area contributed by atoms with Crippen LogP contribution in [0.3, 0.4) is 0 Å². The quantitative estimate of drug-likeness (QED) is 0.865. The van der Waals surface area contributed by atoms with Crippen molar-refractivity contribution in [1.29, 1.82) is 0 Å². The van der Waals surface area contributed by atoms with Crippen molar-refractivity contribution in [3.05, 3.63) is 18.0 Å². The first kappa shape index (κ1) is 12.2. The van der Waals surface area contributed by atoms with Gasteiger partial charge in [-0.3, -0.25) is 4.68 Å². The van der Waals surface area contributed by atoms with E-state index in [1.54, 1.807) is 0 Å². The molecule has 1 aromatic heterocycles. The minimum Gasteiger partial charge on any atom is -0.311 e. The van der Waals surface area contributed by atoms with E-state index < -0.39 is 0 Å². The van der Waals surface area contributed by atoms with Gasteiger partial charge in [-0.25, -0.2) is 0 Å². The number of nitrogens with one attached hydrogen (secondary N) is 1. The Kier molecular flexibility index (Phi) is 3.42. The highest BCUT2D eigenvalue weighted by Gasteiger charge is 2.30. The van der Waals surface area contributed by atoms with E-state index in [2.05, 4.69) is 29.2 Å². The van der Waals surface area contributed by atoms with Gasteiger partial charge in [0.2, 0.25) is 0 Å². The van der Waals surface area contributed by atoms with E-state index in [-0.39, 0.29) is 0 Å². The summed E-state index contributed by atoms with van der Waals surface area (Å²) < 4.78 is 2.19. The van der Waals surface area contributed by atoms with Gasteiger partial charge in [0, 0.05) is 19.3 Å². The summed E-state index contributed by atoms with van der Waals surface area (Å²) in [6.45, 7) is 4.46. The Morgan fingerprint density at radius 3 is 2.78 bits per heavy atom. The predicted octanol–water partition coefficient (Wildman–Crippen LogP) is 3.28. The van der Waals surface area contributed by atoms with Crippen LogP contribution in [0, 0.1) is 5.41 Å². The van der Waals surface area contributed by atoms with Crippen molar-refractivity contribution in [3.8, 4) is 0 Å². The first-order valence-corrected chi connectivity index (χ1v) is 7.50. The third kappa shape index (κ3) is 2.61. The fraction of sp³-hybridized carbons (Fsp3) is 0.800. The maximum absolute atomic E-state index is 4.71. The second-order valence-corrected chi connectivity index (χ2v) is 6.49. The first-order valence-electron chi connectivity index (χ1n) is 7.50. The highest BCUT2D eigenvalue weighted by atomic mass is 15.3. The monoisotopic (exact) mass is 247 g/mol. The average molecular weight is 247 g/mol. The average Bonchev–Trinajstić information content (AvgIpc) is 2.96. The molecule has 0 spiro atoms. The molecule has 3 heteroatoms. The Labute approximate surface area is 110 Å². The minimum absolute atomic E-state index is 0.564. The van der Waals surface area contributed by atoms with Gasteiger partial charge < -0.3 is 5.32 Å². The number of nitrogens with zero attached hydrogens (tertiary/aromatic N) is 2. The summed E-state index contributed by atoms with van der Waals surface area (Å²) in [7, 11) is 0. The van der Waals surface area contributed by atoms with Crippen molar-refractivity contribution in [3.63, 3.8) is 0 Å². The second-order valence-electron chi connectivity index (χ2n) is 6.49. The Morgan fingerprint density at radius 2 is 2.11 bits per heavy atom. The zero-order valence-corrected chi connectivity index (χ0v) is 11.5. The lowest BCUT2D eigenvalue weighted by Crippen LogP contribution is -2.37. The van der Waals surface area contributed by atoms with Crippen molar-refractivity contribution in [2.75, 3.05) is 6.54 Å². The van der Waals surface area contributed by atoms with Crippen LogP contribution in [0.25, 0.3) is 0 Å². The first-order chi connectivity index (χ1) is 8.75. The normalized spacial score (nSPS) is 23.2. The predicted molar refractivity (Wildman–Crippen MR) is 73.4 cm³/mol. The molecule has 0 atom stereocenters. The molecule has 18 heavy (non-hydrogen) atoms. The van der Waals surface area contributed by atoms with Gasteiger partial charge in [0.25, 0.3) is 0 Å². The molecule has 0 bridgehead atoms. The van der Waals surface area contributed by atoms with Crippen molar-refractivity contribution in [1.82, 2.24) is 15.1 Å². The Bertz CT molecular complexity index is 386. The van der Waals surface area contributed by atoms with Crippen molar-refractivity contribution < 1.29 is 0 Å². The molecule has 2 aliphatic carbocycles. The molecular weight excluding hydrogens is 222 g/mol. The minimum atomic E-state index is 0.564. The van der Waals surface area contributed by atoms with Crippen LogP contribution < -0.4 is 5.32 Å². The van der Waals surface area contributed by atoms with Crippen LogP contribution in [0.4, 0.5) is 0 Å². The van der Waals surface area contributed by atoms with Gasteiger partial charge in [-0.1, -0.05) is 26.2 Å².